The molecule has 0 saturated carbocycles. The molecule has 0 aliphatic carbocycles. The molecular weight excluding hydrogens is 449 g/mol. The Morgan fingerprint density at radius 1 is 1.09 bits per heavy atom. The number of rotatable bonds is 10. The minimum absolute atomic E-state index is 0.124. The molecule has 8 heteroatoms. The summed E-state index contributed by atoms with van der Waals surface area (Å²) in [6.07, 6.45) is 1.72. The van der Waals surface area contributed by atoms with Gasteiger partial charge in [-0.15, -0.1) is 0 Å². The molecule has 0 amide bonds. The maximum absolute atomic E-state index is 15.2. The summed E-state index contributed by atoms with van der Waals surface area (Å²) >= 11 is 0. The Kier molecular flexibility index (Phi) is 7.40. The van der Waals surface area contributed by atoms with E-state index in [0.29, 0.717) is 59.1 Å². The summed E-state index contributed by atoms with van der Waals surface area (Å²) in [5, 5.41) is 13.7. The lowest BCUT2D eigenvalue weighted by atomic mass is 10.0. The van der Waals surface area contributed by atoms with Crippen LogP contribution in [0.2, 0.25) is 0 Å². The van der Waals surface area contributed by atoms with Crippen molar-refractivity contribution in [2.75, 3.05) is 25.6 Å². The number of carbonyl (C=O) groups is 1. The van der Waals surface area contributed by atoms with Crippen LogP contribution in [0.25, 0.3) is 22.0 Å². The fraction of sp³-hybridized carbons (Fsp3) is 0.222. The van der Waals surface area contributed by atoms with Gasteiger partial charge in [-0.3, -0.25) is 4.79 Å². The van der Waals surface area contributed by atoms with Crippen molar-refractivity contribution < 1.29 is 23.8 Å². The average molecular weight is 476 g/mol. The van der Waals surface area contributed by atoms with Crippen LogP contribution in [0.3, 0.4) is 0 Å². The van der Waals surface area contributed by atoms with E-state index < -0.39 is 5.97 Å². The molecule has 35 heavy (non-hydrogen) atoms. The first-order valence-electron chi connectivity index (χ1n) is 11.3. The Morgan fingerprint density at radius 3 is 2.69 bits per heavy atom. The predicted octanol–water partition coefficient (Wildman–Crippen LogP) is 5.12. The SMILES string of the molecule is CCOc1cc(-c2cc(NCCc3c(OC)cc4ccccc4c3F)ncn2)ccc1CC(=O)O. The number of nitrogens with one attached hydrogen (secondary N) is 1. The molecule has 2 N–H and O–H groups in total. The Bertz CT molecular complexity index is 1360. The van der Waals surface area contributed by atoms with E-state index in [2.05, 4.69) is 15.3 Å². The van der Waals surface area contributed by atoms with E-state index in [1.807, 2.05) is 37.3 Å². The number of anilines is 1. The molecule has 0 saturated heterocycles. The van der Waals surface area contributed by atoms with Crippen molar-refractivity contribution >= 4 is 22.6 Å². The maximum atomic E-state index is 15.2. The number of carboxylic acids is 1. The monoisotopic (exact) mass is 475 g/mol. The highest BCUT2D eigenvalue weighted by molar-refractivity contribution is 5.85. The van der Waals surface area contributed by atoms with Crippen LogP contribution < -0.4 is 14.8 Å². The predicted molar refractivity (Wildman–Crippen MR) is 133 cm³/mol. The first-order valence-corrected chi connectivity index (χ1v) is 11.3. The number of nitrogens with zero attached hydrogens (tertiary/aromatic N) is 2. The lowest BCUT2D eigenvalue weighted by molar-refractivity contribution is -0.136. The van der Waals surface area contributed by atoms with Gasteiger partial charge in [0.1, 0.15) is 29.5 Å². The zero-order valence-corrected chi connectivity index (χ0v) is 19.5. The zero-order chi connectivity index (χ0) is 24.8. The number of fused-ring (bicyclic) bond motifs is 1. The van der Waals surface area contributed by atoms with E-state index in [9.17, 15) is 4.79 Å². The van der Waals surface area contributed by atoms with Gasteiger partial charge in [0.2, 0.25) is 0 Å². The smallest absolute Gasteiger partial charge is 0.307 e. The second kappa shape index (κ2) is 10.8. The van der Waals surface area contributed by atoms with Gasteiger partial charge in [0, 0.05) is 34.7 Å². The highest BCUT2D eigenvalue weighted by Crippen LogP contribution is 2.31. The minimum Gasteiger partial charge on any atom is -0.496 e. The van der Waals surface area contributed by atoms with Crippen LogP contribution in [-0.4, -0.2) is 41.3 Å². The largest absolute Gasteiger partial charge is 0.496 e. The van der Waals surface area contributed by atoms with Crippen LogP contribution in [0, 0.1) is 5.82 Å². The summed E-state index contributed by atoms with van der Waals surface area (Å²) in [4.78, 5) is 19.7. The van der Waals surface area contributed by atoms with Gasteiger partial charge in [-0.2, -0.15) is 0 Å². The first-order chi connectivity index (χ1) is 17.0. The lowest BCUT2D eigenvalue weighted by Crippen LogP contribution is -2.09. The molecule has 7 nitrogen and oxygen atoms in total. The topological polar surface area (TPSA) is 93.6 Å². The highest BCUT2D eigenvalue weighted by Gasteiger charge is 2.15. The molecule has 1 heterocycles. The highest BCUT2D eigenvalue weighted by atomic mass is 19.1. The van der Waals surface area contributed by atoms with E-state index in [-0.39, 0.29) is 12.2 Å². The van der Waals surface area contributed by atoms with E-state index >= 15 is 4.39 Å². The van der Waals surface area contributed by atoms with Crippen LogP contribution in [-0.2, 0) is 17.6 Å². The molecule has 0 radical (unpaired) electrons. The molecule has 0 unspecified atom stereocenters. The summed E-state index contributed by atoms with van der Waals surface area (Å²) in [6, 6.07) is 16.3. The molecule has 4 rings (SSSR count). The number of hydrogen-bond acceptors (Lipinski definition) is 6. The van der Waals surface area contributed by atoms with Gasteiger partial charge < -0.3 is 19.9 Å². The summed E-state index contributed by atoms with van der Waals surface area (Å²) in [5.74, 6) is 0.403. The van der Waals surface area contributed by atoms with Crippen molar-refractivity contribution in [1.82, 2.24) is 9.97 Å². The van der Waals surface area contributed by atoms with Gasteiger partial charge >= 0.3 is 5.97 Å². The fourth-order valence-corrected chi connectivity index (χ4v) is 3.98. The standard InChI is InChI=1S/C27H26FN3O4/c1-3-35-23-13-18(8-9-19(23)14-26(32)33)22-15-25(31-16-30-22)29-11-10-21-24(34-2)12-17-6-4-5-7-20(17)27(21)28/h4-9,12-13,15-16H,3,10-11,14H2,1-2H3,(H,32,33)(H,29,30,31). The lowest BCUT2D eigenvalue weighted by Gasteiger charge is -2.14. The van der Waals surface area contributed by atoms with E-state index in [1.165, 1.54) is 13.4 Å². The van der Waals surface area contributed by atoms with Crippen LogP contribution >= 0.6 is 0 Å². The zero-order valence-electron chi connectivity index (χ0n) is 19.5. The number of aromatic nitrogens is 2. The third kappa shape index (κ3) is 5.48. The average Bonchev–Trinajstić information content (AvgIpc) is 2.86. The van der Waals surface area contributed by atoms with Crippen molar-refractivity contribution in [2.24, 2.45) is 0 Å². The molecule has 0 bridgehead atoms. The number of benzene rings is 3. The number of hydrogen-bond donors (Lipinski definition) is 2. The first kappa shape index (κ1) is 23.9. The minimum atomic E-state index is -0.924. The van der Waals surface area contributed by atoms with E-state index in [4.69, 9.17) is 14.6 Å². The van der Waals surface area contributed by atoms with Crippen molar-refractivity contribution in [3.8, 4) is 22.8 Å². The maximum Gasteiger partial charge on any atom is 0.307 e. The molecule has 4 aromatic rings. The number of carboxylic acid groups (broad SMARTS) is 1. The van der Waals surface area contributed by atoms with Crippen molar-refractivity contribution in [3.63, 3.8) is 0 Å². The Hall–Kier alpha value is -4.20. The van der Waals surface area contributed by atoms with Gasteiger partial charge in [0.05, 0.1) is 25.8 Å². The molecule has 0 atom stereocenters. The van der Waals surface area contributed by atoms with E-state index in [0.717, 1.165) is 10.9 Å². The Balaban J connectivity index is 1.52. The van der Waals surface area contributed by atoms with E-state index in [1.54, 1.807) is 24.3 Å². The third-order valence-corrected chi connectivity index (χ3v) is 5.62. The van der Waals surface area contributed by atoms with Gasteiger partial charge in [-0.1, -0.05) is 36.4 Å². The Morgan fingerprint density at radius 2 is 1.91 bits per heavy atom. The van der Waals surface area contributed by atoms with Gasteiger partial charge in [-0.25, -0.2) is 14.4 Å². The van der Waals surface area contributed by atoms with Gasteiger partial charge in [0.15, 0.2) is 0 Å². The summed E-state index contributed by atoms with van der Waals surface area (Å²) in [6.45, 7) is 2.70. The molecule has 0 spiro atoms. The second-order valence-electron chi connectivity index (χ2n) is 7.88. The number of aliphatic carboxylic acids is 1. The summed E-state index contributed by atoms with van der Waals surface area (Å²) < 4.78 is 26.2. The fourth-order valence-electron chi connectivity index (χ4n) is 3.98. The molecule has 3 aromatic carbocycles. The Labute approximate surface area is 202 Å². The van der Waals surface area contributed by atoms with Crippen LogP contribution in [0.1, 0.15) is 18.1 Å². The van der Waals surface area contributed by atoms with Crippen molar-refractivity contribution in [1.29, 1.82) is 0 Å². The van der Waals surface area contributed by atoms with Gasteiger partial charge in [0.25, 0.3) is 0 Å². The number of methoxy groups -OCH3 is 1. The number of ether oxygens (including phenoxy) is 2. The molecule has 1 aromatic heterocycles. The third-order valence-electron chi connectivity index (χ3n) is 5.62. The molecular formula is C27H26FN3O4. The quantitative estimate of drug-likeness (QED) is 0.329. The summed E-state index contributed by atoms with van der Waals surface area (Å²) in [5.41, 5.74) is 2.53. The molecule has 180 valence electrons. The normalized spacial score (nSPS) is 10.8. The summed E-state index contributed by atoms with van der Waals surface area (Å²) in [7, 11) is 1.54. The van der Waals surface area contributed by atoms with Crippen LogP contribution in [0.4, 0.5) is 10.2 Å². The molecule has 0 fully saturated rings. The van der Waals surface area contributed by atoms with Gasteiger partial charge in [-0.05, 0) is 30.9 Å². The number of halogens is 1. The van der Waals surface area contributed by atoms with Crippen LogP contribution in [0.15, 0.2) is 60.9 Å². The second-order valence-corrected chi connectivity index (χ2v) is 7.88. The molecule has 0 aliphatic heterocycles. The molecule has 0 aliphatic rings. The van der Waals surface area contributed by atoms with Crippen LogP contribution in [0.5, 0.6) is 11.5 Å². The van der Waals surface area contributed by atoms with Crippen molar-refractivity contribution in [3.05, 3.63) is 77.9 Å². The van der Waals surface area contributed by atoms with Crippen molar-refractivity contribution in [2.45, 2.75) is 19.8 Å².